The Labute approximate surface area is 194 Å². The van der Waals surface area contributed by atoms with Crippen LogP contribution in [0, 0.1) is 12.8 Å². The van der Waals surface area contributed by atoms with E-state index in [2.05, 4.69) is 20.2 Å². The highest BCUT2D eigenvalue weighted by atomic mass is 32.1. The van der Waals surface area contributed by atoms with Crippen LogP contribution in [-0.2, 0) is 4.79 Å². The van der Waals surface area contributed by atoms with Crippen LogP contribution in [0.25, 0.3) is 10.6 Å². The number of hydrogen-bond donors (Lipinski definition) is 1. The molecule has 2 fully saturated rings. The first-order valence-electron chi connectivity index (χ1n) is 11.8. The number of amides is 2. The first-order chi connectivity index (χ1) is 15.6. The van der Waals surface area contributed by atoms with E-state index < -0.39 is 0 Å². The number of unbranched alkanes of at least 4 members (excludes halogenated alkanes) is 1. The van der Waals surface area contributed by atoms with Crippen LogP contribution >= 0.6 is 11.3 Å². The summed E-state index contributed by atoms with van der Waals surface area (Å²) in [7, 11) is 0. The molecule has 0 aromatic carbocycles. The van der Waals surface area contributed by atoms with Crippen LogP contribution in [-0.4, -0.2) is 70.9 Å². The lowest BCUT2D eigenvalue weighted by Crippen LogP contribution is -2.45. The minimum Gasteiger partial charge on any atom is -0.356 e. The molecule has 2 saturated heterocycles. The van der Waals surface area contributed by atoms with E-state index in [1.165, 1.54) is 37.3 Å². The molecule has 0 saturated carbocycles. The van der Waals surface area contributed by atoms with Gasteiger partial charge in [-0.1, -0.05) is 0 Å². The fourth-order valence-corrected chi connectivity index (χ4v) is 5.57. The van der Waals surface area contributed by atoms with Crippen molar-refractivity contribution < 1.29 is 9.59 Å². The Balaban J connectivity index is 1.27. The van der Waals surface area contributed by atoms with Gasteiger partial charge in [0.2, 0.25) is 5.91 Å². The molecule has 0 radical (unpaired) electrons. The number of piperidine rings is 1. The van der Waals surface area contributed by atoms with Crippen molar-refractivity contribution in [2.45, 2.75) is 45.4 Å². The summed E-state index contributed by atoms with van der Waals surface area (Å²) in [6.07, 6.45) is 9.95. The number of nitrogens with zero attached hydrogens (tertiary/aromatic N) is 4. The van der Waals surface area contributed by atoms with Crippen LogP contribution < -0.4 is 5.32 Å². The van der Waals surface area contributed by atoms with Crippen molar-refractivity contribution in [1.29, 1.82) is 0 Å². The smallest absolute Gasteiger partial charge is 0.265 e. The Hall–Kier alpha value is -2.32. The van der Waals surface area contributed by atoms with E-state index in [4.69, 9.17) is 0 Å². The predicted molar refractivity (Wildman–Crippen MR) is 127 cm³/mol. The maximum atomic E-state index is 13.2. The molecule has 0 bridgehead atoms. The van der Waals surface area contributed by atoms with Gasteiger partial charge in [-0.3, -0.25) is 14.6 Å². The number of nitrogens with one attached hydrogen (secondary N) is 1. The summed E-state index contributed by atoms with van der Waals surface area (Å²) in [6.45, 7) is 7.36. The maximum absolute atomic E-state index is 13.2. The van der Waals surface area contributed by atoms with Crippen LogP contribution in [0.3, 0.4) is 0 Å². The summed E-state index contributed by atoms with van der Waals surface area (Å²) in [5, 5.41) is 3.91. The van der Waals surface area contributed by atoms with Crippen LogP contribution in [0.5, 0.6) is 0 Å². The molecule has 2 aromatic heterocycles. The van der Waals surface area contributed by atoms with Crippen molar-refractivity contribution in [2.24, 2.45) is 5.92 Å². The van der Waals surface area contributed by atoms with Crippen LogP contribution in [0.15, 0.2) is 24.5 Å². The number of rotatable bonds is 8. The number of aryl methyl sites for hydroxylation is 1. The highest BCUT2D eigenvalue weighted by Crippen LogP contribution is 2.29. The maximum Gasteiger partial charge on any atom is 0.265 e. The van der Waals surface area contributed by atoms with Crippen LogP contribution in [0.1, 0.15) is 53.9 Å². The fraction of sp³-hybridized carbons (Fsp3) is 0.583. The lowest BCUT2D eigenvalue weighted by molar-refractivity contribution is -0.126. The number of carbonyl (C=O) groups excluding carboxylic acids is 2. The minimum atomic E-state index is -0.127. The van der Waals surface area contributed by atoms with Crippen LogP contribution in [0.2, 0.25) is 0 Å². The minimum absolute atomic E-state index is 0.0155. The molecular formula is C24H33N5O2S. The molecule has 2 aromatic rings. The Morgan fingerprint density at radius 2 is 2.03 bits per heavy atom. The third-order valence-corrected chi connectivity index (χ3v) is 7.57. The van der Waals surface area contributed by atoms with Gasteiger partial charge in [-0.15, -0.1) is 11.3 Å². The Kier molecular flexibility index (Phi) is 7.86. The van der Waals surface area contributed by atoms with Crippen LogP contribution in [0.4, 0.5) is 0 Å². The summed E-state index contributed by atoms with van der Waals surface area (Å²) >= 11 is 1.41. The quantitative estimate of drug-likeness (QED) is 0.618. The molecule has 8 heteroatoms. The van der Waals surface area contributed by atoms with Gasteiger partial charge in [-0.05, 0) is 77.2 Å². The van der Waals surface area contributed by atoms with Crippen molar-refractivity contribution in [3.05, 3.63) is 35.1 Å². The molecule has 2 aliphatic rings. The third-order valence-electron chi connectivity index (χ3n) is 6.38. The standard InChI is InChI=1S/C24H33N5O2S/c1-18-21(32-23(27-18)19-8-6-10-25-16-19)24(31)29-15-7-9-20(17-29)22(30)26-11-2-3-12-28-13-4-5-14-28/h6,8,10,16,20H,2-5,7,9,11-15,17H2,1H3,(H,26,30). The largest absolute Gasteiger partial charge is 0.356 e. The SMILES string of the molecule is Cc1nc(-c2cccnc2)sc1C(=O)N1CCCC(C(=O)NCCCCN2CCCC2)C1. The zero-order valence-corrected chi connectivity index (χ0v) is 19.7. The number of aromatic nitrogens is 2. The van der Waals surface area contributed by atoms with Gasteiger partial charge in [0.1, 0.15) is 9.88 Å². The zero-order chi connectivity index (χ0) is 22.3. The molecule has 32 heavy (non-hydrogen) atoms. The van der Waals surface area contributed by atoms with Gasteiger partial charge in [0.05, 0.1) is 11.6 Å². The molecule has 0 spiro atoms. The fourth-order valence-electron chi connectivity index (χ4n) is 4.55. The van der Waals surface area contributed by atoms with Crippen molar-refractivity contribution in [1.82, 2.24) is 25.1 Å². The molecule has 2 amide bonds. The molecule has 0 aliphatic carbocycles. The number of likely N-dealkylation sites (tertiary alicyclic amines) is 2. The van der Waals surface area contributed by atoms with Gasteiger partial charge >= 0.3 is 0 Å². The van der Waals surface area contributed by atoms with Crippen molar-refractivity contribution >= 4 is 23.2 Å². The second-order valence-electron chi connectivity index (χ2n) is 8.81. The molecule has 7 nitrogen and oxygen atoms in total. The van der Waals surface area contributed by atoms with E-state index in [9.17, 15) is 9.59 Å². The summed E-state index contributed by atoms with van der Waals surface area (Å²) in [6, 6.07) is 3.82. The summed E-state index contributed by atoms with van der Waals surface area (Å²) in [4.78, 5) is 39.6. The van der Waals surface area contributed by atoms with E-state index >= 15 is 0 Å². The first-order valence-corrected chi connectivity index (χ1v) is 12.6. The van der Waals surface area contributed by atoms with Gasteiger partial charge < -0.3 is 15.1 Å². The lowest BCUT2D eigenvalue weighted by Gasteiger charge is -2.32. The molecular weight excluding hydrogens is 422 g/mol. The molecule has 2 aliphatic heterocycles. The number of thiazole rings is 1. The van der Waals surface area contributed by atoms with Gasteiger partial charge in [0.25, 0.3) is 5.91 Å². The van der Waals surface area contributed by atoms with Gasteiger partial charge in [-0.2, -0.15) is 0 Å². The van der Waals surface area contributed by atoms with Crippen molar-refractivity contribution in [3.8, 4) is 10.6 Å². The number of carbonyl (C=O) groups is 2. The first kappa shape index (κ1) is 22.9. The van der Waals surface area contributed by atoms with Gasteiger partial charge in [0, 0.05) is 37.6 Å². The second kappa shape index (κ2) is 11.0. The third kappa shape index (κ3) is 5.72. The molecule has 1 atom stereocenters. The van der Waals surface area contributed by atoms with Crippen molar-refractivity contribution in [3.63, 3.8) is 0 Å². The average Bonchev–Trinajstić information content (AvgIpc) is 3.48. The number of pyridine rings is 1. The highest BCUT2D eigenvalue weighted by Gasteiger charge is 2.30. The monoisotopic (exact) mass is 455 g/mol. The van der Waals surface area contributed by atoms with E-state index in [1.54, 1.807) is 12.4 Å². The van der Waals surface area contributed by atoms with E-state index in [0.29, 0.717) is 18.0 Å². The summed E-state index contributed by atoms with van der Waals surface area (Å²) in [5.74, 6) is -0.0590. The van der Waals surface area contributed by atoms with E-state index in [1.807, 2.05) is 24.0 Å². The van der Waals surface area contributed by atoms with Gasteiger partial charge in [-0.25, -0.2) is 4.98 Å². The molecule has 4 heterocycles. The average molecular weight is 456 g/mol. The van der Waals surface area contributed by atoms with Gasteiger partial charge in [0.15, 0.2) is 0 Å². The Morgan fingerprint density at radius 3 is 2.81 bits per heavy atom. The topological polar surface area (TPSA) is 78.4 Å². The molecule has 172 valence electrons. The summed E-state index contributed by atoms with van der Waals surface area (Å²) < 4.78 is 0. The Bertz CT molecular complexity index is 910. The number of hydrogen-bond acceptors (Lipinski definition) is 6. The second-order valence-corrected chi connectivity index (χ2v) is 9.81. The molecule has 1 unspecified atom stereocenters. The predicted octanol–water partition coefficient (Wildman–Crippen LogP) is 3.36. The van der Waals surface area contributed by atoms with Crippen molar-refractivity contribution in [2.75, 3.05) is 39.3 Å². The summed E-state index contributed by atoms with van der Waals surface area (Å²) in [5.41, 5.74) is 1.66. The normalized spacial score (nSPS) is 19.3. The van der Waals surface area contributed by atoms with E-state index in [-0.39, 0.29) is 17.7 Å². The van der Waals surface area contributed by atoms with E-state index in [0.717, 1.165) is 55.0 Å². The zero-order valence-electron chi connectivity index (χ0n) is 18.9. The Morgan fingerprint density at radius 1 is 1.19 bits per heavy atom. The lowest BCUT2D eigenvalue weighted by atomic mass is 9.97. The molecule has 1 N–H and O–H groups in total. The highest BCUT2D eigenvalue weighted by molar-refractivity contribution is 7.17. The molecule has 4 rings (SSSR count).